The summed E-state index contributed by atoms with van der Waals surface area (Å²) < 4.78 is 15.3. The van der Waals surface area contributed by atoms with Gasteiger partial charge < -0.3 is 10.2 Å². The van der Waals surface area contributed by atoms with E-state index in [9.17, 15) is 14.0 Å². The molecule has 0 aliphatic heterocycles. The molecular weight excluding hydrogens is 443 g/mol. The third-order valence-corrected chi connectivity index (χ3v) is 6.12. The van der Waals surface area contributed by atoms with Crippen molar-refractivity contribution in [2.75, 3.05) is 18.4 Å². The van der Waals surface area contributed by atoms with Gasteiger partial charge in [0.1, 0.15) is 11.6 Å². The SMILES string of the molecule is CCN(CC)C(=O)CCc1ccc(NC(=O)c2ccc3nc(C)n(-c4ccc(F)cc4)c3c2)cc1. The fourth-order valence-corrected chi connectivity index (χ4v) is 4.20. The standard InChI is InChI=1S/C28H29FN4O2/c1-4-32(5-2)27(34)17-8-20-6-12-23(13-7-20)31-28(35)21-9-16-25-26(18-21)33(19(3)30-25)24-14-10-22(29)11-15-24/h6-7,9-16,18H,4-5,8,17H2,1-3H3,(H,31,35). The molecule has 0 radical (unpaired) electrons. The number of carbonyl (C=O) groups is 2. The summed E-state index contributed by atoms with van der Waals surface area (Å²) in [5.41, 5.74) is 4.52. The lowest BCUT2D eigenvalue weighted by Gasteiger charge is -2.18. The van der Waals surface area contributed by atoms with Gasteiger partial charge in [0, 0.05) is 36.4 Å². The van der Waals surface area contributed by atoms with Gasteiger partial charge >= 0.3 is 0 Å². The molecule has 4 rings (SSSR count). The molecule has 35 heavy (non-hydrogen) atoms. The van der Waals surface area contributed by atoms with Crippen LogP contribution in [0.15, 0.2) is 66.7 Å². The Morgan fingerprint density at radius 2 is 1.66 bits per heavy atom. The lowest BCUT2D eigenvalue weighted by molar-refractivity contribution is -0.130. The highest BCUT2D eigenvalue weighted by molar-refractivity contribution is 6.06. The van der Waals surface area contributed by atoms with Crippen molar-refractivity contribution in [2.45, 2.75) is 33.6 Å². The van der Waals surface area contributed by atoms with Gasteiger partial charge in [0.25, 0.3) is 5.91 Å². The van der Waals surface area contributed by atoms with Crippen LogP contribution in [0.2, 0.25) is 0 Å². The minimum atomic E-state index is -0.308. The number of amides is 2. The molecule has 7 heteroatoms. The molecule has 2 amide bonds. The van der Waals surface area contributed by atoms with Gasteiger partial charge in [-0.05, 0) is 87.4 Å². The number of fused-ring (bicyclic) bond motifs is 1. The minimum Gasteiger partial charge on any atom is -0.343 e. The predicted molar refractivity (Wildman–Crippen MR) is 136 cm³/mol. The maximum Gasteiger partial charge on any atom is 0.255 e. The van der Waals surface area contributed by atoms with Crippen molar-refractivity contribution in [1.29, 1.82) is 0 Å². The fourth-order valence-electron chi connectivity index (χ4n) is 4.20. The van der Waals surface area contributed by atoms with Gasteiger partial charge in [-0.3, -0.25) is 14.2 Å². The predicted octanol–water partition coefficient (Wildman–Crippen LogP) is 5.53. The lowest BCUT2D eigenvalue weighted by Crippen LogP contribution is -2.30. The van der Waals surface area contributed by atoms with E-state index >= 15 is 0 Å². The van der Waals surface area contributed by atoms with E-state index in [1.807, 2.05) is 60.6 Å². The smallest absolute Gasteiger partial charge is 0.255 e. The van der Waals surface area contributed by atoms with Gasteiger partial charge in [-0.2, -0.15) is 0 Å². The van der Waals surface area contributed by atoms with Crippen molar-refractivity contribution < 1.29 is 14.0 Å². The van der Waals surface area contributed by atoms with Gasteiger partial charge in [-0.1, -0.05) is 12.1 Å². The molecule has 1 aromatic heterocycles. The molecule has 0 saturated heterocycles. The zero-order chi connectivity index (χ0) is 24.9. The van der Waals surface area contributed by atoms with E-state index in [0.717, 1.165) is 41.2 Å². The number of aromatic nitrogens is 2. The maximum atomic E-state index is 13.4. The van der Waals surface area contributed by atoms with E-state index in [-0.39, 0.29) is 17.6 Å². The Balaban J connectivity index is 1.47. The van der Waals surface area contributed by atoms with Crippen LogP contribution in [0.1, 0.15) is 42.0 Å². The van der Waals surface area contributed by atoms with Crippen LogP contribution >= 0.6 is 0 Å². The molecule has 0 atom stereocenters. The Bertz CT molecular complexity index is 1340. The first-order chi connectivity index (χ1) is 16.9. The molecule has 1 heterocycles. The number of imidazole rings is 1. The average molecular weight is 473 g/mol. The van der Waals surface area contributed by atoms with Gasteiger partial charge in [0.15, 0.2) is 0 Å². The van der Waals surface area contributed by atoms with Crippen LogP contribution in [0.3, 0.4) is 0 Å². The van der Waals surface area contributed by atoms with Crippen LogP contribution in [-0.2, 0) is 11.2 Å². The summed E-state index contributed by atoms with van der Waals surface area (Å²) in [4.78, 5) is 31.6. The number of anilines is 1. The molecule has 6 nitrogen and oxygen atoms in total. The Morgan fingerprint density at radius 1 is 0.971 bits per heavy atom. The Kier molecular flexibility index (Phi) is 7.25. The first kappa shape index (κ1) is 24.1. The van der Waals surface area contributed by atoms with Gasteiger partial charge in [-0.25, -0.2) is 9.37 Å². The summed E-state index contributed by atoms with van der Waals surface area (Å²) in [5, 5.41) is 2.93. The highest BCUT2D eigenvalue weighted by atomic mass is 19.1. The van der Waals surface area contributed by atoms with Crippen LogP contribution < -0.4 is 5.32 Å². The van der Waals surface area contributed by atoms with Crippen LogP contribution in [0, 0.1) is 12.7 Å². The summed E-state index contributed by atoms with van der Waals surface area (Å²) in [6, 6.07) is 19.1. The number of carbonyl (C=O) groups excluding carboxylic acids is 2. The molecular formula is C28H29FN4O2. The second-order valence-electron chi connectivity index (χ2n) is 8.39. The van der Waals surface area contributed by atoms with E-state index in [1.165, 1.54) is 12.1 Å². The fraction of sp³-hybridized carbons (Fsp3) is 0.250. The van der Waals surface area contributed by atoms with Crippen molar-refractivity contribution in [2.24, 2.45) is 0 Å². The van der Waals surface area contributed by atoms with E-state index < -0.39 is 0 Å². The van der Waals surface area contributed by atoms with Gasteiger partial charge in [0.05, 0.1) is 11.0 Å². The third kappa shape index (κ3) is 5.40. The van der Waals surface area contributed by atoms with Crippen LogP contribution in [0.4, 0.5) is 10.1 Å². The molecule has 180 valence electrons. The number of nitrogens with one attached hydrogen (secondary N) is 1. The van der Waals surface area contributed by atoms with Crippen molar-refractivity contribution >= 4 is 28.5 Å². The number of hydrogen-bond acceptors (Lipinski definition) is 3. The monoisotopic (exact) mass is 472 g/mol. The third-order valence-electron chi connectivity index (χ3n) is 6.12. The first-order valence-electron chi connectivity index (χ1n) is 11.8. The number of aryl methyl sites for hydroxylation is 2. The molecule has 1 N–H and O–H groups in total. The van der Waals surface area contributed by atoms with Crippen LogP contribution in [0.5, 0.6) is 0 Å². The largest absolute Gasteiger partial charge is 0.343 e. The van der Waals surface area contributed by atoms with E-state index in [2.05, 4.69) is 10.3 Å². The van der Waals surface area contributed by atoms with E-state index in [4.69, 9.17) is 0 Å². The molecule has 4 aromatic rings. The lowest BCUT2D eigenvalue weighted by atomic mass is 10.1. The minimum absolute atomic E-state index is 0.151. The maximum absolute atomic E-state index is 13.4. The highest BCUT2D eigenvalue weighted by Gasteiger charge is 2.14. The Morgan fingerprint density at radius 3 is 2.31 bits per heavy atom. The zero-order valence-corrected chi connectivity index (χ0v) is 20.2. The normalized spacial score (nSPS) is 11.0. The molecule has 3 aromatic carbocycles. The van der Waals surface area contributed by atoms with Crippen molar-refractivity contribution in [3.8, 4) is 5.69 Å². The average Bonchev–Trinajstić information content (AvgIpc) is 3.19. The highest BCUT2D eigenvalue weighted by Crippen LogP contribution is 2.23. The van der Waals surface area contributed by atoms with Crippen molar-refractivity contribution in [3.05, 3.63) is 89.5 Å². The molecule has 0 aliphatic carbocycles. The van der Waals surface area contributed by atoms with Gasteiger partial charge in [0.2, 0.25) is 5.91 Å². The van der Waals surface area contributed by atoms with E-state index in [1.54, 1.807) is 24.3 Å². The first-order valence-corrected chi connectivity index (χ1v) is 11.8. The quantitative estimate of drug-likeness (QED) is 0.367. The summed E-state index contributed by atoms with van der Waals surface area (Å²) in [6.45, 7) is 7.27. The Hall–Kier alpha value is -4.00. The number of rotatable bonds is 8. The molecule has 0 spiro atoms. The van der Waals surface area contributed by atoms with Crippen LogP contribution in [-0.4, -0.2) is 39.4 Å². The number of nitrogens with zero attached hydrogens (tertiary/aromatic N) is 3. The van der Waals surface area contributed by atoms with E-state index in [0.29, 0.717) is 24.1 Å². The number of halogens is 1. The topological polar surface area (TPSA) is 67.2 Å². The van der Waals surface area contributed by atoms with Crippen LogP contribution in [0.25, 0.3) is 16.7 Å². The molecule has 0 fully saturated rings. The van der Waals surface area contributed by atoms with Crippen molar-refractivity contribution in [3.63, 3.8) is 0 Å². The Labute approximate surface area is 204 Å². The molecule has 0 unspecified atom stereocenters. The summed E-state index contributed by atoms with van der Waals surface area (Å²) in [7, 11) is 0. The summed E-state index contributed by atoms with van der Waals surface area (Å²) in [5.74, 6) is 0.357. The zero-order valence-electron chi connectivity index (χ0n) is 20.2. The molecule has 0 saturated carbocycles. The summed E-state index contributed by atoms with van der Waals surface area (Å²) >= 11 is 0. The van der Waals surface area contributed by atoms with Gasteiger partial charge in [-0.15, -0.1) is 0 Å². The summed E-state index contributed by atoms with van der Waals surface area (Å²) in [6.07, 6.45) is 1.13. The molecule has 0 aliphatic rings. The second-order valence-corrected chi connectivity index (χ2v) is 8.39. The number of hydrogen-bond donors (Lipinski definition) is 1. The molecule has 0 bridgehead atoms. The number of benzene rings is 3. The van der Waals surface area contributed by atoms with Crippen molar-refractivity contribution in [1.82, 2.24) is 14.5 Å². The second kappa shape index (κ2) is 10.5.